The van der Waals surface area contributed by atoms with Gasteiger partial charge in [0.15, 0.2) is 17.2 Å². The molecule has 8 nitrogen and oxygen atoms in total. The van der Waals surface area contributed by atoms with Crippen LogP contribution < -0.4 is 9.64 Å². The molecule has 1 aliphatic rings. The maximum atomic E-state index is 13.0. The van der Waals surface area contributed by atoms with E-state index in [9.17, 15) is 19.5 Å². The van der Waals surface area contributed by atoms with E-state index in [1.807, 2.05) is 25.1 Å². The maximum Gasteiger partial charge on any atom is 0.414 e. The molecule has 1 heterocycles. The number of carboxylic acids is 2. The quantitative estimate of drug-likeness (QED) is 0.400. The number of thiophene rings is 1. The van der Waals surface area contributed by atoms with Gasteiger partial charge in [-0.2, -0.15) is 0 Å². The summed E-state index contributed by atoms with van der Waals surface area (Å²) in [5.41, 5.74) is 1.35. The lowest BCUT2D eigenvalue weighted by Gasteiger charge is -2.33. The van der Waals surface area contributed by atoms with Crippen LogP contribution in [0.2, 0.25) is 0 Å². The summed E-state index contributed by atoms with van der Waals surface area (Å²) in [4.78, 5) is 37.8. The van der Waals surface area contributed by atoms with Crippen molar-refractivity contribution in [2.24, 2.45) is 0 Å². The third-order valence-electron chi connectivity index (χ3n) is 5.30. The first-order valence-electron chi connectivity index (χ1n) is 10.8. The van der Waals surface area contributed by atoms with Gasteiger partial charge in [-0.05, 0) is 52.9 Å². The summed E-state index contributed by atoms with van der Waals surface area (Å²) in [7, 11) is 0. The number of aromatic carboxylic acids is 1. The molecule has 3 rings (SSSR count). The summed E-state index contributed by atoms with van der Waals surface area (Å²) in [5, 5.41) is 18.5. The molecule has 2 N–H and O–H groups in total. The molecule has 1 aliphatic carbocycles. The van der Waals surface area contributed by atoms with Crippen LogP contribution in [0.1, 0.15) is 55.1 Å². The standard InChI is InChI=1S/C23H26BrNO7S/c1-2-11-31-23(30)25(15-8-4-3-5-9-15)16-10-6-7-14(12-16)20-18(24)19(32-13-17(26)27)21(33-20)22(28)29/h6-7,10,12,15H,2-5,8-9,11,13H2,1H3,(H,26,27)(H,28,29). The average molecular weight is 540 g/mol. The number of ether oxygens (including phenoxy) is 2. The number of halogens is 1. The molecule has 1 fully saturated rings. The summed E-state index contributed by atoms with van der Waals surface area (Å²) in [6.07, 6.45) is 5.37. The maximum absolute atomic E-state index is 13.0. The summed E-state index contributed by atoms with van der Waals surface area (Å²) < 4.78 is 11.1. The first-order valence-corrected chi connectivity index (χ1v) is 12.4. The minimum absolute atomic E-state index is 0.0261. The third kappa shape index (κ3) is 6.05. The van der Waals surface area contributed by atoms with Crippen LogP contribution in [0, 0.1) is 0 Å². The van der Waals surface area contributed by atoms with Crippen LogP contribution in [-0.2, 0) is 9.53 Å². The zero-order valence-corrected chi connectivity index (χ0v) is 20.6. The average Bonchev–Trinajstić information content (AvgIpc) is 3.14. The number of carbonyl (C=O) groups excluding carboxylic acids is 1. The van der Waals surface area contributed by atoms with Crippen LogP contribution in [0.4, 0.5) is 10.5 Å². The predicted molar refractivity (Wildman–Crippen MR) is 129 cm³/mol. The highest BCUT2D eigenvalue weighted by molar-refractivity contribution is 9.10. The van der Waals surface area contributed by atoms with Crippen molar-refractivity contribution in [2.45, 2.75) is 51.5 Å². The number of nitrogens with zero attached hydrogens (tertiary/aromatic N) is 1. The van der Waals surface area contributed by atoms with E-state index < -0.39 is 18.5 Å². The van der Waals surface area contributed by atoms with E-state index in [2.05, 4.69) is 15.9 Å². The number of benzene rings is 1. The highest BCUT2D eigenvalue weighted by atomic mass is 79.9. The van der Waals surface area contributed by atoms with Gasteiger partial charge >= 0.3 is 18.0 Å². The summed E-state index contributed by atoms with van der Waals surface area (Å²) in [5.74, 6) is -2.45. The van der Waals surface area contributed by atoms with Gasteiger partial charge in [-0.1, -0.05) is 38.3 Å². The normalized spacial score (nSPS) is 14.0. The van der Waals surface area contributed by atoms with E-state index in [1.165, 1.54) is 0 Å². The number of rotatable bonds is 9. The van der Waals surface area contributed by atoms with Gasteiger partial charge in [0.25, 0.3) is 0 Å². The Labute approximate surface area is 204 Å². The molecular weight excluding hydrogens is 514 g/mol. The molecule has 1 saturated carbocycles. The van der Waals surface area contributed by atoms with Gasteiger partial charge in [0, 0.05) is 11.7 Å². The fraction of sp³-hybridized carbons (Fsp3) is 0.435. The Morgan fingerprint density at radius 2 is 1.91 bits per heavy atom. The Hall–Kier alpha value is -2.59. The molecule has 33 heavy (non-hydrogen) atoms. The molecule has 0 atom stereocenters. The zero-order chi connectivity index (χ0) is 24.0. The summed E-state index contributed by atoms with van der Waals surface area (Å²) in [6.45, 7) is 1.62. The minimum Gasteiger partial charge on any atom is -0.479 e. The molecule has 0 unspecified atom stereocenters. The SMILES string of the molecule is CCCOC(=O)N(c1cccc(-c2sc(C(=O)O)c(OCC(=O)O)c2Br)c1)C1CCCCC1. The number of hydrogen-bond acceptors (Lipinski definition) is 6. The molecule has 0 aliphatic heterocycles. The molecule has 0 bridgehead atoms. The van der Waals surface area contributed by atoms with Crippen molar-refractivity contribution in [1.29, 1.82) is 0 Å². The molecule has 1 aromatic carbocycles. The van der Waals surface area contributed by atoms with Crippen molar-refractivity contribution in [2.75, 3.05) is 18.1 Å². The van der Waals surface area contributed by atoms with Crippen LogP contribution >= 0.6 is 27.3 Å². The van der Waals surface area contributed by atoms with Crippen molar-refractivity contribution in [1.82, 2.24) is 0 Å². The van der Waals surface area contributed by atoms with Gasteiger partial charge < -0.3 is 19.7 Å². The van der Waals surface area contributed by atoms with Crippen molar-refractivity contribution < 1.29 is 34.1 Å². The van der Waals surface area contributed by atoms with Gasteiger partial charge in [-0.25, -0.2) is 14.4 Å². The van der Waals surface area contributed by atoms with E-state index in [-0.39, 0.29) is 22.8 Å². The largest absolute Gasteiger partial charge is 0.479 e. The second kappa shape index (κ2) is 11.5. The first-order chi connectivity index (χ1) is 15.8. The Kier molecular flexibility index (Phi) is 8.74. The zero-order valence-electron chi connectivity index (χ0n) is 18.2. The molecule has 0 radical (unpaired) electrons. The lowest BCUT2D eigenvalue weighted by molar-refractivity contribution is -0.139. The summed E-state index contributed by atoms with van der Waals surface area (Å²) in [6, 6.07) is 7.31. The minimum atomic E-state index is -1.21. The Bertz CT molecular complexity index is 1020. The first kappa shape index (κ1) is 25.0. The monoisotopic (exact) mass is 539 g/mol. The topological polar surface area (TPSA) is 113 Å². The Morgan fingerprint density at radius 1 is 1.18 bits per heavy atom. The second-order valence-electron chi connectivity index (χ2n) is 7.72. The molecule has 1 amide bonds. The van der Waals surface area contributed by atoms with Crippen LogP contribution in [0.15, 0.2) is 28.7 Å². The van der Waals surface area contributed by atoms with E-state index in [4.69, 9.17) is 14.6 Å². The number of carboxylic acid groups (broad SMARTS) is 2. The van der Waals surface area contributed by atoms with Gasteiger partial charge in [0.1, 0.15) is 0 Å². The van der Waals surface area contributed by atoms with Crippen LogP contribution in [-0.4, -0.2) is 47.5 Å². The number of amides is 1. The molecule has 1 aromatic heterocycles. The van der Waals surface area contributed by atoms with E-state index >= 15 is 0 Å². The predicted octanol–water partition coefficient (Wildman–Crippen LogP) is 6.02. The third-order valence-corrected chi connectivity index (χ3v) is 7.52. The molecule has 178 valence electrons. The van der Waals surface area contributed by atoms with E-state index in [0.717, 1.165) is 49.9 Å². The lowest BCUT2D eigenvalue weighted by atomic mass is 9.94. The van der Waals surface area contributed by atoms with E-state index in [1.54, 1.807) is 11.0 Å². The second-order valence-corrected chi connectivity index (χ2v) is 9.53. The van der Waals surface area contributed by atoms with Crippen molar-refractivity contribution in [3.8, 4) is 16.2 Å². The van der Waals surface area contributed by atoms with Crippen molar-refractivity contribution in [3.05, 3.63) is 33.6 Å². The van der Waals surface area contributed by atoms with Gasteiger partial charge in [-0.15, -0.1) is 11.3 Å². The molecule has 10 heteroatoms. The van der Waals surface area contributed by atoms with Crippen molar-refractivity contribution >= 4 is 51.0 Å². The van der Waals surface area contributed by atoms with E-state index in [0.29, 0.717) is 27.2 Å². The van der Waals surface area contributed by atoms with Crippen LogP contribution in [0.5, 0.6) is 5.75 Å². The number of aliphatic carboxylic acids is 1. The fourth-order valence-electron chi connectivity index (χ4n) is 3.85. The smallest absolute Gasteiger partial charge is 0.414 e. The molecular formula is C23H26BrNO7S. The molecule has 2 aromatic rings. The molecule has 0 spiro atoms. The summed E-state index contributed by atoms with van der Waals surface area (Å²) >= 11 is 4.36. The van der Waals surface area contributed by atoms with Crippen LogP contribution in [0.3, 0.4) is 0 Å². The number of carbonyl (C=O) groups is 3. The lowest BCUT2D eigenvalue weighted by Crippen LogP contribution is -2.42. The van der Waals surface area contributed by atoms with Crippen molar-refractivity contribution in [3.63, 3.8) is 0 Å². The Balaban J connectivity index is 2.00. The number of hydrogen-bond donors (Lipinski definition) is 2. The highest BCUT2D eigenvalue weighted by Crippen LogP contribution is 2.46. The molecule has 0 saturated heterocycles. The van der Waals surface area contributed by atoms with Crippen LogP contribution in [0.25, 0.3) is 10.4 Å². The van der Waals surface area contributed by atoms with Gasteiger partial charge in [-0.3, -0.25) is 4.90 Å². The Morgan fingerprint density at radius 3 is 2.55 bits per heavy atom. The fourth-order valence-corrected chi connectivity index (χ4v) is 5.73. The van der Waals surface area contributed by atoms with Gasteiger partial charge in [0.05, 0.1) is 16.0 Å². The number of anilines is 1. The van der Waals surface area contributed by atoms with Gasteiger partial charge in [0.2, 0.25) is 0 Å². The highest BCUT2D eigenvalue weighted by Gasteiger charge is 2.29.